The van der Waals surface area contributed by atoms with E-state index in [1.807, 2.05) is 0 Å². The third-order valence-electron chi connectivity index (χ3n) is 4.28. The maximum absolute atomic E-state index is 2.41. The Bertz CT molecular complexity index is 549. The molecule has 4 heteroatoms. The summed E-state index contributed by atoms with van der Waals surface area (Å²) in [4.78, 5) is 4.83. The monoisotopic (exact) mass is 342 g/mol. The van der Waals surface area contributed by atoms with E-state index in [-0.39, 0.29) is 0 Å². The molecule has 0 saturated heterocycles. The number of nitrogens with zero attached hydrogens (tertiary/aromatic N) is 2. The Kier molecular flexibility index (Phi) is 7.18. The standard InChI is InChI=1S/C20H32BN2P/c1-5-22(6-2)17-9-13-19(14-10-17)24(21)20-15-11-18(12-16-20)23(7-3)8-4/h9-16,24H,5-8H2,1-4,21H3. The fraction of sp³-hybridized carbons (Fsp3) is 0.400. The maximum Gasteiger partial charge on any atom is 0.135 e. The Morgan fingerprint density at radius 2 is 0.917 bits per heavy atom. The average Bonchev–Trinajstić information content (AvgIpc) is 2.64. The lowest BCUT2D eigenvalue weighted by Crippen LogP contribution is -2.23. The van der Waals surface area contributed by atoms with Crippen LogP contribution in [0.4, 0.5) is 11.4 Å². The van der Waals surface area contributed by atoms with E-state index in [1.54, 1.807) is 10.6 Å². The summed E-state index contributed by atoms with van der Waals surface area (Å²) in [5.41, 5.74) is 2.71. The Labute approximate surface area is 150 Å². The van der Waals surface area contributed by atoms with Crippen LogP contribution < -0.4 is 20.4 Å². The molecular formula is C20H32BN2P. The molecular weight excluding hydrogens is 310 g/mol. The van der Waals surface area contributed by atoms with Crippen LogP contribution in [0.5, 0.6) is 0 Å². The molecule has 2 rings (SSSR count). The molecule has 0 heterocycles. The number of hydrogen-bond acceptors (Lipinski definition) is 2. The lowest BCUT2D eigenvalue weighted by Gasteiger charge is -2.22. The highest BCUT2D eigenvalue weighted by Crippen LogP contribution is 2.29. The van der Waals surface area contributed by atoms with E-state index in [0.717, 1.165) is 26.2 Å². The molecule has 0 aromatic heterocycles. The number of hydrogen-bond donors (Lipinski definition) is 0. The molecule has 0 unspecified atom stereocenters. The fourth-order valence-corrected chi connectivity index (χ4v) is 3.86. The zero-order chi connectivity index (χ0) is 17.5. The van der Waals surface area contributed by atoms with E-state index in [0.29, 0.717) is 7.57 Å². The highest BCUT2D eigenvalue weighted by molar-refractivity contribution is 7.94. The summed E-state index contributed by atoms with van der Waals surface area (Å²) in [7, 11) is -0.140. The SMILES string of the molecule is [BH3-][PH+](c1ccc(N(CC)CC)cc1)c1ccc(N(CC)CC)cc1. The number of anilines is 2. The Morgan fingerprint density at radius 1 is 0.625 bits per heavy atom. The minimum absolute atomic E-state index is 0.302. The van der Waals surface area contributed by atoms with Crippen molar-refractivity contribution in [3.63, 3.8) is 0 Å². The molecule has 130 valence electrons. The topological polar surface area (TPSA) is 6.48 Å². The maximum atomic E-state index is 2.41. The van der Waals surface area contributed by atoms with Gasteiger partial charge in [-0.25, -0.2) is 0 Å². The van der Waals surface area contributed by atoms with Gasteiger partial charge in [0.05, 0.1) is 10.6 Å². The first kappa shape index (κ1) is 18.9. The Hall–Kier alpha value is -1.47. The molecule has 0 spiro atoms. The molecule has 0 aliphatic rings. The Morgan fingerprint density at radius 3 is 1.17 bits per heavy atom. The fourth-order valence-electron chi connectivity index (χ4n) is 2.86. The summed E-state index contributed by atoms with van der Waals surface area (Å²) in [5, 5.41) is 3.18. The van der Waals surface area contributed by atoms with E-state index in [9.17, 15) is 0 Å². The first-order valence-electron chi connectivity index (χ1n) is 8.68. The summed E-state index contributed by atoms with van der Waals surface area (Å²) in [6, 6.07) is 18.8. The highest BCUT2D eigenvalue weighted by atomic mass is 31.1. The molecule has 24 heavy (non-hydrogen) atoms. The van der Waals surface area contributed by atoms with E-state index < -0.39 is 7.80 Å². The zero-order valence-corrected chi connectivity index (χ0v) is 15.8. The van der Waals surface area contributed by atoms with Crippen LogP contribution in [0.15, 0.2) is 48.5 Å². The van der Waals surface area contributed by atoms with E-state index in [2.05, 4.69) is 86.0 Å². The van der Waals surface area contributed by atoms with Gasteiger partial charge in [-0.05, 0) is 76.2 Å². The van der Waals surface area contributed by atoms with Crippen LogP contribution in [-0.4, -0.2) is 33.7 Å². The molecule has 0 fully saturated rings. The summed E-state index contributed by atoms with van der Waals surface area (Å²) >= 11 is 0. The second-order valence-electron chi connectivity index (χ2n) is 5.56. The predicted octanol–water partition coefficient (Wildman–Crippen LogP) is 2.82. The molecule has 0 atom stereocenters. The van der Waals surface area contributed by atoms with Crippen LogP contribution >= 0.6 is 7.80 Å². The molecule has 2 aromatic carbocycles. The van der Waals surface area contributed by atoms with Gasteiger partial charge < -0.3 is 9.80 Å². The van der Waals surface area contributed by atoms with Gasteiger partial charge in [-0.2, -0.15) is 0 Å². The normalized spacial score (nSPS) is 10.9. The predicted molar refractivity (Wildman–Crippen MR) is 118 cm³/mol. The van der Waals surface area contributed by atoms with Gasteiger partial charge in [0.1, 0.15) is 7.57 Å². The van der Waals surface area contributed by atoms with Crippen molar-refractivity contribution in [1.82, 2.24) is 0 Å². The van der Waals surface area contributed by atoms with Gasteiger partial charge in [0, 0.05) is 37.6 Å². The smallest absolute Gasteiger partial charge is 0.135 e. The van der Waals surface area contributed by atoms with Crippen molar-refractivity contribution >= 4 is 37.3 Å². The Balaban J connectivity index is 2.15. The van der Waals surface area contributed by atoms with Crippen molar-refractivity contribution in [2.24, 2.45) is 0 Å². The van der Waals surface area contributed by atoms with Gasteiger partial charge in [0.15, 0.2) is 0 Å². The molecule has 0 bridgehead atoms. The minimum atomic E-state index is -0.442. The van der Waals surface area contributed by atoms with Gasteiger partial charge >= 0.3 is 0 Å². The lowest BCUT2D eigenvalue weighted by molar-refractivity contribution is 0.866. The van der Waals surface area contributed by atoms with E-state index >= 15 is 0 Å². The molecule has 2 aromatic rings. The van der Waals surface area contributed by atoms with Crippen LogP contribution in [0.3, 0.4) is 0 Å². The van der Waals surface area contributed by atoms with Crippen LogP contribution in [0, 0.1) is 0 Å². The second-order valence-corrected chi connectivity index (χ2v) is 6.97. The van der Waals surface area contributed by atoms with Gasteiger partial charge in [-0.3, -0.25) is 0 Å². The van der Waals surface area contributed by atoms with E-state index in [4.69, 9.17) is 0 Å². The average molecular weight is 342 g/mol. The molecule has 0 amide bonds. The van der Waals surface area contributed by atoms with Crippen LogP contribution in [-0.2, 0) is 0 Å². The van der Waals surface area contributed by atoms with Crippen molar-refractivity contribution in [3.05, 3.63) is 48.5 Å². The van der Waals surface area contributed by atoms with Crippen LogP contribution in [0.2, 0.25) is 0 Å². The minimum Gasteiger partial charge on any atom is -0.372 e. The third-order valence-corrected chi connectivity index (χ3v) is 5.52. The lowest BCUT2D eigenvalue weighted by atomic mass is 10.3. The molecule has 0 aliphatic carbocycles. The molecule has 0 radical (unpaired) electrons. The first-order chi connectivity index (χ1) is 11.6. The van der Waals surface area contributed by atoms with Gasteiger partial charge in [-0.1, -0.05) is 0 Å². The number of benzene rings is 2. The summed E-state index contributed by atoms with van der Waals surface area (Å²) in [5.74, 6) is 0. The zero-order valence-electron chi connectivity index (χ0n) is 14.8. The van der Waals surface area contributed by atoms with Crippen molar-refractivity contribution in [2.45, 2.75) is 27.7 Å². The van der Waals surface area contributed by atoms with Crippen LogP contribution in [0.25, 0.3) is 0 Å². The van der Waals surface area contributed by atoms with E-state index in [1.165, 1.54) is 11.4 Å². The van der Waals surface area contributed by atoms with Crippen LogP contribution in [0.1, 0.15) is 27.7 Å². The van der Waals surface area contributed by atoms with Gasteiger partial charge in [0.2, 0.25) is 0 Å². The first-order valence-corrected chi connectivity index (χ1v) is 9.68. The largest absolute Gasteiger partial charge is 0.372 e. The van der Waals surface area contributed by atoms with Gasteiger partial charge in [0.25, 0.3) is 0 Å². The van der Waals surface area contributed by atoms with Crippen molar-refractivity contribution < 1.29 is 0 Å². The highest BCUT2D eigenvalue weighted by Gasteiger charge is 2.12. The summed E-state index contributed by atoms with van der Waals surface area (Å²) in [6.45, 7) is 13.2. The van der Waals surface area contributed by atoms with Crippen molar-refractivity contribution in [1.29, 1.82) is 0 Å². The molecule has 0 aliphatic heterocycles. The van der Waals surface area contributed by atoms with Crippen molar-refractivity contribution in [2.75, 3.05) is 36.0 Å². The second kappa shape index (κ2) is 9.13. The quantitative estimate of drug-likeness (QED) is 0.538. The van der Waals surface area contributed by atoms with Gasteiger partial charge in [-0.15, -0.1) is 7.80 Å². The summed E-state index contributed by atoms with van der Waals surface area (Å²) < 4.78 is 0. The van der Waals surface area contributed by atoms with Crippen molar-refractivity contribution in [3.8, 4) is 0 Å². The molecule has 0 saturated carbocycles. The summed E-state index contributed by atoms with van der Waals surface area (Å²) in [6.07, 6.45) is 0. The molecule has 2 nitrogen and oxygen atoms in total. The number of rotatable bonds is 8. The molecule has 0 N–H and O–H groups in total. The third kappa shape index (κ3) is 4.33.